The molecule has 3 nitrogen and oxygen atoms in total. The lowest BCUT2D eigenvalue weighted by Crippen LogP contribution is -2.14. The van der Waals surface area contributed by atoms with E-state index in [1.165, 1.54) is 6.42 Å². The molecule has 2 heterocycles. The van der Waals surface area contributed by atoms with Crippen LogP contribution < -0.4 is 5.32 Å². The molecule has 0 spiro atoms. The van der Waals surface area contributed by atoms with E-state index in [2.05, 4.69) is 15.3 Å². The third-order valence-electron chi connectivity index (χ3n) is 3.14. The van der Waals surface area contributed by atoms with E-state index in [1.807, 2.05) is 30.5 Å². The number of rotatable bonds is 2. The summed E-state index contributed by atoms with van der Waals surface area (Å²) >= 11 is 5.87. The fourth-order valence-corrected chi connectivity index (χ4v) is 2.33. The van der Waals surface area contributed by atoms with Crippen LogP contribution in [0.3, 0.4) is 0 Å². The first kappa shape index (κ1) is 10.8. The molecule has 0 bridgehead atoms. The number of hydrogen-bond donors (Lipinski definition) is 2. The largest absolute Gasteiger partial charge is 0.341 e. The molecule has 88 valence electrons. The number of halogens is 1. The van der Waals surface area contributed by atoms with Crippen molar-refractivity contribution in [2.45, 2.75) is 18.9 Å². The minimum Gasteiger partial charge on any atom is -0.341 e. The fourth-order valence-electron chi connectivity index (χ4n) is 2.21. The minimum absolute atomic E-state index is 0.385. The highest BCUT2D eigenvalue weighted by atomic mass is 35.5. The molecule has 2 N–H and O–H groups in total. The SMILES string of the molecule is Clc1ccc(-c2cnc(C3CCCN3)[nH]2)cc1. The Bertz CT molecular complexity index is 498. The summed E-state index contributed by atoms with van der Waals surface area (Å²) < 4.78 is 0. The number of imidazole rings is 1. The van der Waals surface area contributed by atoms with E-state index in [1.54, 1.807) is 0 Å². The molecule has 1 fully saturated rings. The lowest BCUT2D eigenvalue weighted by Gasteiger charge is -2.05. The molecule has 1 saturated heterocycles. The third kappa shape index (κ3) is 2.21. The van der Waals surface area contributed by atoms with Gasteiger partial charge in [0, 0.05) is 5.02 Å². The summed E-state index contributed by atoms with van der Waals surface area (Å²) in [7, 11) is 0. The summed E-state index contributed by atoms with van der Waals surface area (Å²) in [5, 5.41) is 4.19. The molecule has 0 saturated carbocycles. The number of aromatic amines is 1. The highest BCUT2D eigenvalue weighted by molar-refractivity contribution is 6.30. The van der Waals surface area contributed by atoms with E-state index in [0.717, 1.165) is 35.1 Å². The van der Waals surface area contributed by atoms with Crippen LogP contribution in [0.5, 0.6) is 0 Å². The van der Waals surface area contributed by atoms with Gasteiger partial charge in [-0.25, -0.2) is 4.98 Å². The van der Waals surface area contributed by atoms with Crippen LogP contribution in [-0.2, 0) is 0 Å². The van der Waals surface area contributed by atoms with E-state index in [0.29, 0.717) is 6.04 Å². The first-order valence-electron chi connectivity index (χ1n) is 5.87. The second kappa shape index (κ2) is 4.51. The van der Waals surface area contributed by atoms with Crippen molar-refractivity contribution in [1.82, 2.24) is 15.3 Å². The maximum atomic E-state index is 5.87. The molecule has 1 aromatic carbocycles. The Morgan fingerprint density at radius 3 is 2.76 bits per heavy atom. The average Bonchev–Trinajstić information content (AvgIpc) is 3.00. The maximum Gasteiger partial charge on any atom is 0.123 e. The smallest absolute Gasteiger partial charge is 0.123 e. The standard InChI is InChI=1S/C13H14ClN3/c14-10-5-3-9(4-6-10)12-8-16-13(17-12)11-2-1-7-15-11/h3-6,8,11,15H,1-2,7H2,(H,16,17). The monoisotopic (exact) mass is 247 g/mol. The summed E-state index contributed by atoms with van der Waals surface area (Å²) in [5.41, 5.74) is 2.16. The Morgan fingerprint density at radius 1 is 1.24 bits per heavy atom. The highest BCUT2D eigenvalue weighted by Crippen LogP contribution is 2.24. The maximum absolute atomic E-state index is 5.87. The van der Waals surface area contributed by atoms with Crippen LogP contribution in [0.15, 0.2) is 30.5 Å². The van der Waals surface area contributed by atoms with Gasteiger partial charge in [-0.05, 0) is 37.1 Å². The molecule has 0 radical (unpaired) electrons. The zero-order valence-electron chi connectivity index (χ0n) is 9.41. The van der Waals surface area contributed by atoms with Crippen molar-refractivity contribution in [3.8, 4) is 11.3 Å². The van der Waals surface area contributed by atoms with Gasteiger partial charge < -0.3 is 10.3 Å². The van der Waals surface area contributed by atoms with E-state index < -0.39 is 0 Å². The Balaban J connectivity index is 1.86. The Morgan fingerprint density at radius 2 is 2.06 bits per heavy atom. The van der Waals surface area contributed by atoms with Crippen LogP contribution in [0.2, 0.25) is 5.02 Å². The number of hydrogen-bond acceptors (Lipinski definition) is 2. The Hall–Kier alpha value is -1.32. The summed E-state index contributed by atoms with van der Waals surface area (Å²) in [6.45, 7) is 1.08. The van der Waals surface area contributed by atoms with Gasteiger partial charge in [0.25, 0.3) is 0 Å². The summed E-state index contributed by atoms with van der Waals surface area (Å²) in [5.74, 6) is 1.03. The Labute approximate surface area is 105 Å². The third-order valence-corrected chi connectivity index (χ3v) is 3.39. The summed E-state index contributed by atoms with van der Waals surface area (Å²) in [6, 6.07) is 8.18. The molecular weight excluding hydrogens is 234 g/mol. The molecule has 1 unspecified atom stereocenters. The molecule has 0 amide bonds. The van der Waals surface area contributed by atoms with Gasteiger partial charge in [0.1, 0.15) is 5.82 Å². The average molecular weight is 248 g/mol. The van der Waals surface area contributed by atoms with E-state index in [-0.39, 0.29) is 0 Å². The molecular formula is C13H14ClN3. The summed E-state index contributed by atoms with van der Waals surface area (Å²) in [4.78, 5) is 7.82. The molecule has 0 aliphatic carbocycles. The van der Waals surface area contributed by atoms with E-state index >= 15 is 0 Å². The van der Waals surface area contributed by atoms with Crippen molar-refractivity contribution >= 4 is 11.6 Å². The zero-order valence-corrected chi connectivity index (χ0v) is 10.2. The highest BCUT2D eigenvalue weighted by Gasteiger charge is 2.19. The number of H-pyrrole nitrogens is 1. The van der Waals surface area contributed by atoms with Gasteiger partial charge in [-0.15, -0.1) is 0 Å². The van der Waals surface area contributed by atoms with Gasteiger partial charge in [0.05, 0.1) is 17.9 Å². The van der Waals surface area contributed by atoms with E-state index in [4.69, 9.17) is 11.6 Å². The van der Waals surface area contributed by atoms with Crippen molar-refractivity contribution in [2.75, 3.05) is 6.54 Å². The minimum atomic E-state index is 0.385. The van der Waals surface area contributed by atoms with Gasteiger partial charge in [-0.1, -0.05) is 23.7 Å². The van der Waals surface area contributed by atoms with Crippen molar-refractivity contribution in [3.63, 3.8) is 0 Å². The molecule has 1 aliphatic rings. The van der Waals surface area contributed by atoms with Crippen LogP contribution in [0.4, 0.5) is 0 Å². The topological polar surface area (TPSA) is 40.7 Å². The quantitative estimate of drug-likeness (QED) is 0.856. The van der Waals surface area contributed by atoms with Crippen LogP contribution >= 0.6 is 11.6 Å². The van der Waals surface area contributed by atoms with E-state index in [9.17, 15) is 0 Å². The van der Waals surface area contributed by atoms with Gasteiger partial charge >= 0.3 is 0 Å². The zero-order chi connectivity index (χ0) is 11.7. The van der Waals surface area contributed by atoms with Gasteiger partial charge in [0.15, 0.2) is 0 Å². The Kier molecular flexibility index (Phi) is 2.87. The summed E-state index contributed by atoms with van der Waals surface area (Å²) in [6.07, 6.45) is 4.27. The first-order chi connectivity index (χ1) is 8.33. The number of aromatic nitrogens is 2. The van der Waals surface area contributed by atoms with Crippen LogP contribution in [0.1, 0.15) is 24.7 Å². The lowest BCUT2D eigenvalue weighted by molar-refractivity contribution is 0.613. The predicted octanol–water partition coefficient (Wildman–Crippen LogP) is 3.15. The predicted molar refractivity (Wildman–Crippen MR) is 69.0 cm³/mol. The lowest BCUT2D eigenvalue weighted by atomic mass is 10.2. The van der Waals surface area contributed by atoms with Gasteiger partial charge in [-0.3, -0.25) is 0 Å². The van der Waals surface area contributed by atoms with Crippen molar-refractivity contribution in [3.05, 3.63) is 41.3 Å². The van der Waals surface area contributed by atoms with Crippen LogP contribution in [0.25, 0.3) is 11.3 Å². The fraction of sp³-hybridized carbons (Fsp3) is 0.308. The molecule has 2 aromatic rings. The molecule has 3 rings (SSSR count). The van der Waals surface area contributed by atoms with Crippen molar-refractivity contribution in [1.29, 1.82) is 0 Å². The number of nitrogens with zero attached hydrogens (tertiary/aromatic N) is 1. The number of nitrogens with one attached hydrogen (secondary N) is 2. The van der Waals surface area contributed by atoms with Gasteiger partial charge in [0.2, 0.25) is 0 Å². The van der Waals surface area contributed by atoms with Crippen LogP contribution in [-0.4, -0.2) is 16.5 Å². The van der Waals surface area contributed by atoms with Crippen molar-refractivity contribution in [2.24, 2.45) is 0 Å². The normalized spacial score (nSPS) is 19.7. The number of benzene rings is 1. The molecule has 17 heavy (non-hydrogen) atoms. The molecule has 4 heteroatoms. The second-order valence-electron chi connectivity index (χ2n) is 4.34. The first-order valence-corrected chi connectivity index (χ1v) is 6.25. The molecule has 1 aromatic heterocycles. The van der Waals surface area contributed by atoms with Crippen LogP contribution in [0, 0.1) is 0 Å². The van der Waals surface area contributed by atoms with Crippen molar-refractivity contribution < 1.29 is 0 Å². The van der Waals surface area contributed by atoms with Gasteiger partial charge in [-0.2, -0.15) is 0 Å². The molecule has 1 atom stereocenters. The second-order valence-corrected chi connectivity index (χ2v) is 4.77. The molecule has 1 aliphatic heterocycles.